The van der Waals surface area contributed by atoms with Crippen molar-refractivity contribution in [1.29, 1.82) is 0 Å². The number of para-hydroxylation sites is 1. The van der Waals surface area contributed by atoms with Crippen LogP contribution in [-0.4, -0.2) is 18.0 Å². The Bertz CT molecular complexity index is 976. The van der Waals surface area contributed by atoms with Crippen LogP contribution in [0.25, 0.3) is 0 Å². The number of amides is 1. The molecule has 0 bridgehead atoms. The Morgan fingerprint density at radius 3 is 2.45 bits per heavy atom. The third-order valence-electron chi connectivity index (χ3n) is 4.63. The number of hydrogen-bond acceptors (Lipinski definition) is 4. The van der Waals surface area contributed by atoms with Crippen molar-refractivity contribution in [1.82, 2.24) is 4.98 Å². The Morgan fingerprint density at radius 2 is 1.76 bits per heavy atom. The van der Waals surface area contributed by atoms with Crippen molar-refractivity contribution in [3.8, 4) is 5.75 Å². The number of methoxy groups -OCH3 is 1. The predicted molar refractivity (Wildman–Crippen MR) is 118 cm³/mol. The van der Waals surface area contributed by atoms with E-state index in [2.05, 4.69) is 36.4 Å². The molecule has 0 unspecified atom stereocenters. The van der Waals surface area contributed by atoms with E-state index in [1.165, 1.54) is 0 Å². The number of carbonyl (C=O) groups is 1. The molecule has 0 spiro atoms. The Morgan fingerprint density at radius 1 is 1.03 bits per heavy atom. The summed E-state index contributed by atoms with van der Waals surface area (Å²) in [5.74, 6) is 0.599. The normalized spacial score (nSPS) is 11.0. The largest absolute Gasteiger partial charge is 0.497 e. The number of nitrogens with one attached hydrogen (secondary N) is 2. The molecule has 5 heteroatoms. The lowest BCUT2D eigenvalue weighted by Gasteiger charge is -2.23. The van der Waals surface area contributed by atoms with Crippen molar-refractivity contribution in [2.45, 2.75) is 32.7 Å². The topological polar surface area (TPSA) is 63.2 Å². The van der Waals surface area contributed by atoms with Gasteiger partial charge >= 0.3 is 0 Å². The van der Waals surface area contributed by atoms with E-state index >= 15 is 0 Å². The average Bonchev–Trinajstić information content (AvgIpc) is 2.72. The minimum Gasteiger partial charge on any atom is -0.497 e. The molecule has 1 heterocycles. The van der Waals surface area contributed by atoms with Crippen LogP contribution in [0.4, 0.5) is 11.4 Å². The fourth-order valence-electron chi connectivity index (χ4n) is 3.04. The number of nitrogens with zero attached hydrogens (tertiary/aromatic N) is 1. The highest BCUT2D eigenvalue weighted by atomic mass is 16.5. The summed E-state index contributed by atoms with van der Waals surface area (Å²) in [6, 6.07) is 19.3. The SMILES string of the molecule is COc1ccc(CNc2ccnc(C(=O)Nc3ccccc3C(C)(C)C)c2)cc1. The van der Waals surface area contributed by atoms with Gasteiger partial charge in [-0.2, -0.15) is 0 Å². The molecule has 0 saturated carbocycles. The average molecular weight is 389 g/mol. The molecule has 0 aliphatic heterocycles. The van der Waals surface area contributed by atoms with E-state index in [-0.39, 0.29) is 11.3 Å². The predicted octanol–water partition coefficient (Wildman–Crippen LogP) is 5.25. The van der Waals surface area contributed by atoms with E-state index in [0.29, 0.717) is 12.2 Å². The van der Waals surface area contributed by atoms with Gasteiger partial charge in [-0.1, -0.05) is 51.1 Å². The molecular formula is C24H27N3O2. The highest BCUT2D eigenvalue weighted by Gasteiger charge is 2.19. The summed E-state index contributed by atoms with van der Waals surface area (Å²) in [7, 11) is 1.65. The summed E-state index contributed by atoms with van der Waals surface area (Å²) >= 11 is 0. The molecule has 1 aromatic heterocycles. The monoisotopic (exact) mass is 389 g/mol. The van der Waals surface area contributed by atoms with Crippen molar-refractivity contribution < 1.29 is 9.53 Å². The van der Waals surface area contributed by atoms with Gasteiger partial charge in [0.05, 0.1) is 7.11 Å². The van der Waals surface area contributed by atoms with Gasteiger partial charge in [0.25, 0.3) is 5.91 Å². The number of rotatable bonds is 6. The summed E-state index contributed by atoms with van der Waals surface area (Å²) < 4.78 is 5.18. The van der Waals surface area contributed by atoms with Gasteiger partial charge in [-0.25, -0.2) is 0 Å². The van der Waals surface area contributed by atoms with Gasteiger partial charge in [-0.15, -0.1) is 0 Å². The number of carbonyl (C=O) groups excluding carboxylic acids is 1. The second-order valence-electron chi connectivity index (χ2n) is 7.88. The first-order valence-corrected chi connectivity index (χ1v) is 9.60. The molecule has 2 aromatic carbocycles. The van der Waals surface area contributed by atoms with Crippen LogP contribution >= 0.6 is 0 Å². The molecule has 2 N–H and O–H groups in total. The van der Waals surface area contributed by atoms with E-state index in [0.717, 1.165) is 28.3 Å². The Hall–Kier alpha value is -3.34. The maximum absolute atomic E-state index is 12.8. The first kappa shape index (κ1) is 20.4. The van der Waals surface area contributed by atoms with Gasteiger partial charge in [0.1, 0.15) is 11.4 Å². The van der Waals surface area contributed by atoms with E-state index in [1.807, 2.05) is 54.6 Å². The van der Waals surface area contributed by atoms with Crippen LogP contribution < -0.4 is 15.4 Å². The van der Waals surface area contributed by atoms with Gasteiger partial charge in [0.15, 0.2) is 0 Å². The number of benzene rings is 2. The lowest BCUT2D eigenvalue weighted by atomic mass is 9.86. The molecule has 0 aliphatic carbocycles. The van der Waals surface area contributed by atoms with E-state index in [4.69, 9.17) is 4.74 Å². The fraction of sp³-hybridized carbons (Fsp3) is 0.250. The van der Waals surface area contributed by atoms with Crippen molar-refractivity contribution in [2.24, 2.45) is 0 Å². The Kier molecular flexibility index (Phi) is 6.17. The van der Waals surface area contributed by atoms with Crippen LogP contribution in [0.3, 0.4) is 0 Å². The lowest BCUT2D eigenvalue weighted by Crippen LogP contribution is -2.19. The van der Waals surface area contributed by atoms with Crippen molar-refractivity contribution in [3.05, 3.63) is 83.7 Å². The number of pyridine rings is 1. The number of anilines is 2. The molecule has 29 heavy (non-hydrogen) atoms. The molecule has 3 aromatic rings. The summed E-state index contributed by atoms with van der Waals surface area (Å²) in [5, 5.41) is 6.34. The summed E-state index contributed by atoms with van der Waals surface area (Å²) in [4.78, 5) is 17.0. The fourth-order valence-corrected chi connectivity index (χ4v) is 3.04. The number of aromatic nitrogens is 1. The highest BCUT2D eigenvalue weighted by molar-refractivity contribution is 6.03. The zero-order chi connectivity index (χ0) is 20.9. The molecule has 150 valence electrons. The van der Waals surface area contributed by atoms with Gasteiger partial charge < -0.3 is 15.4 Å². The molecule has 0 aliphatic rings. The minimum absolute atomic E-state index is 0.0704. The summed E-state index contributed by atoms with van der Waals surface area (Å²) in [5.41, 5.74) is 4.15. The summed E-state index contributed by atoms with van der Waals surface area (Å²) in [6.07, 6.45) is 1.64. The zero-order valence-electron chi connectivity index (χ0n) is 17.3. The van der Waals surface area contributed by atoms with Gasteiger partial charge in [-0.05, 0) is 46.9 Å². The summed E-state index contributed by atoms with van der Waals surface area (Å²) in [6.45, 7) is 7.02. The number of ether oxygens (including phenoxy) is 1. The van der Waals surface area contributed by atoms with Crippen LogP contribution in [-0.2, 0) is 12.0 Å². The maximum Gasteiger partial charge on any atom is 0.274 e. The van der Waals surface area contributed by atoms with Crippen LogP contribution in [0.15, 0.2) is 66.9 Å². The third-order valence-corrected chi connectivity index (χ3v) is 4.63. The second-order valence-corrected chi connectivity index (χ2v) is 7.88. The van der Waals surface area contributed by atoms with Gasteiger partial charge in [0.2, 0.25) is 0 Å². The molecule has 3 rings (SSSR count). The Labute approximate surface area is 172 Å². The molecule has 0 saturated heterocycles. The highest BCUT2D eigenvalue weighted by Crippen LogP contribution is 2.29. The first-order valence-electron chi connectivity index (χ1n) is 9.60. The minimum atomic E-state index is -0.227. The smallest absolute Gasteiger partial charge is 0.274 e. The molecule has 0 fully saturated rings. The van der Waals surface area contributed by atoms with Crippen molar-refractivity contribution in [2.75, 3.05) is 17.7 Å². The zero-order valence-corrected chi connectivity index (χ0v) is 17.3. The maximum atomic E-state index is 12.8. The van der Waals surface area contributed by atoms with Crippen molar-refractivity contribution in [3.63, 3.8) is 0 Å². The molecule has 0 atom stereocenters. The second kappa shape index (κ2) is 8.78. The molecule has 0 radical (unpaired) electrons. The van der Waals surface area contributed by atoms with Crippen LogP contribution in [0.5, 0.6) is 5.75 Å². The van der Waals surface area contributed by atoms with Gasteiger partial charge in [0, 0.05) is 24.1 Å². The van der Waals surface area contributed by atoms with E-state index in [9.17, 15) is 4.79 Å². The van der Waals surface area contributed by atoms with Crippen LogP contribution in [0.2, 0.25) is 0 Å². The molecule has 5 nitrogen and oxygen atoms in total. The molecular weight excluding hydrogens is 362 g/mol. The van der Waals surface area contributed by atoms with Crippen molar-refractivity contribution >= 4 is 17.3 Å². The molecule has 1 amide bonds. The Balaban J connectivity index is 1.70. The van der Waals surface area contributed by atoms with Gasteiger partial charge in [-0.3, -0.25) is 9.78 Å². The van der Waals surface area contributed by atoms with E-state index in [1.54, 1.807) is 19.4 Å². The third kappa shape index (κ3) is 5.35. The quantitative estimate of drug-likeness (QED) is 0.604. The van der Waals surface area contributed by atoms with Crippen LogP contribution in [0.1, 0.15) is 42.4 Å². The first-order chi connectivity index (χ1) is 13.9. The number of hydrogen-bond donors (Lipinski definition) is 2. The van der Waals surface area contributed by atoms with E-state index < -0.39 is 0 Å². The standard InChI is InChI=1S/C24H27N3O2/c1-24(2,3)20-7-5-6-8-21(20)27-23(28)22-15-18(13-14-25-22)26-16-17-9-11-19(29-4)12-10-17/h5-15H,16H2,1-4H3,(H,25,26)(H,27,28). The van der Waals surface area contributed by atoms with Crippen LogP contribution in [0, 0.1) is 0 Å². The lowest BCUT2D eigenvalue weighted by molar-refractivity contribution is 0.102.